The number of pyridine rings is 1. The highest BCUT2D eigenvalue weighted by molar-refractivity contribution is 6.30. The molecule has 4 nitrogen and oxygen atoms in total. The summed E-state index contributed by atoms with van der Waals surface area (Å²) in [5.41, 5.74) is 1.14. The van der Waals surface area contributed by atoms with Gasteiger partial charge in [-0.15, -0.1) is 0 Å². The number of carbonyl (C=O) groups is 1. The largest absolute Gasteiger partial charge is 0.388 e. The zero-order valence-electron chi connectivity index (χ0n) is 11.7. The molecule has 1 aromatic carbocycles. The fraction of sp³-hybridized carbons (Fsp3) is 0.250. The molecule has 0 unspecified atom stereocenters. The van der Waals surface area contributed by atoms with Gasteiger partial charge in [0.15, 0.2) is 0 Å². The number of rotatable bonds is 5. The smallest absolute Gasteiger partial charge is 0.270 e. The molecule has 0 saturated heterocycles. The zero-order valence-corrected chi connectivity index (χ0v) is 12.4. The lowest BCUT2D eigenvalue weighted by Crippen LogP contribution is -2.34. The molecule has 2 atom stereocenters. The summed E-state index contributed by atoms with van der Waals surface area (Å²) in [5, 5.41) is 13.4. The topological polar surface area (TPSA) is 62.2 Å². The number of halogens is 1. The number of benzene rings is 1. The van der Waals surface area contributed by atoms with E-state index in [9.17, 15) is 9.90 Å². The Labute approximate surface area is 128 Å². The quantitative estimate of drug-likeness (QED) is 0.892. The molecule has 2 N–H and O–H groups in total. The standard InChI is InChI=1S/C16H17ClN2O2/c1-11(9-15(20)12-5-3-2-4-6-12)19-16(21)14-8-7-13(17)10-18-14/h2-8,10-11,15,20H,9H2,1H3,(H,19,21)/t11-,15-/m0/s1. The van der Waals surface area contributed by atoms with Gasteiger partial charge in [-0.1, -0.05) is 41.9 Å². The number of nitrogens with zero attached hydrogens (tertiary/aromatic N) is 1. The summed E-state index contributed by atoms with van der Waals surface area (Å²) in [5.74, 6) is -0.278. The highest BCUT2D eigenvalue weighted by atomic mass is 35.5. The molecule has 1 amide bonds. The van der Waals surface area contributed by atoms with Crippen LogP contribution in [-0.4, -0.2) is 22.0 Å². The molecule has 2 rings (SSSR count). The maximum atomic E-state index is 12.0. The van der Waals surface area contributed by atoms with Crippen LogP contribution in [0.3, 0.4) is 0 Å². The van der Waals surface area contributed by atoms with E-state index in [1.165, 1.54) is 6.20 Å². The second-order valence-corrected chi connectivity index (χ2v) is 5.33. The lowest BCUT2D eigenvalue weighted by atomic mass is 10.0. The maximum Gasteiger partial charge on any atom is 0.270 e. The third kappa shape index (κ3) is 4.55. The van der Waals surface area contributed by atoms with Crippen molar-refractivity contribution in [2.75, 3.05) is 0 Å². The van der Waals surface area contributed by atoms with Crippen molar-refractivity contribution in [3.63, 3.8) is 0 Å². The Morgan fingerprint density at radius 3 is 2.62 bits per heavy atom. The number of hydrogen-bond acceptors (Lipinski definition) is 3. The number of aliphatic hydroxyl groups excluding tert-OH is 1. The number of hydrogen-bond donors (Lipinski definition) is 2. The summed E-state index contributed by atoms with van der Waals surface area (Å²) in [7, 11) is 0. The van der Waals surface area contributed by atoms with Crippen LogP contribution in [0.5, 0.6) is 0 Å². The second kappa shape index (κ2) is 7.20. The van der Waals surface area contributed by atoms with Crippen LogP contribution in [0, 0.1) is 0 Å². The number of amides is 1. The van der Waals surface area contributed by atoms with Gasteiger partial charge in [0.1, 0.15) is 5.69 Å². The molecular formula is C16H17ClN2O2. The average Bonchev–Trinajstić information content (AvgIpc) is 2.48. The van der Waals surface area contributed by atoms with Gasteiger partial charge < -0.3 is 10.4 Å². The molecular weight excluding hydrogens is 288 g/mol. The first-order valence-corrected chi connectivity index (χ1v) is 7.09. The van der Waals surface area contributed by atoms with E-state index in [0.29, 0.717) is 17.1 Å². The molecule has 0 spiro atoms. The van der Waals surface area contributed by atoms with E-state index < -0.39 is 6.10 Å². The second-order valence-electron chi connectivity index (χ2n) is 4.90. The molecule has 0 radical (unpaired) electrons. The first-order valence-electron chi connectivity index (χ1n) is 6.71. The van der Waals surface area contributed by atoms with E-state index in [4.69, 9.17) is 11.6 Å². The SMILES string of the molecule is C[C@@H](C[C@H](O)c1ccccc1)NC(=O)c1ccc(Cl)cn1. The first kappa shape index (κ1) is 15.5. The molecule has 0 aliphatic rings. The number of carbonyl (C=O) groups excluding carboxylic acids is 1. The Morgan fingerprint density at radius 2 is 2.00 bits per heavy atom. The molecule has 1 aromatic heterocycles. The molecule has 1 heterocycles. The van der Waals surface area contributed by atoms with Crippen LogP contribution in [0.2, 0.25) is 5.02 Å². The van der Waals surface area contributed by atoms with Crippen LogP contribution in [0.15, 0.2) is 48.7 Å². The molecule has 0 saturated carbocycles. The number of nitrogens with one attached hydrogen (secondary N) is 1. The third-order valence-electron chi connectivity index (χ3n) is 3.10. The predicted molar refractivity (Wildman–Crippen MR) is 82.2 cm³/mol. The van der Waals surface area contributed by atoms with Crippen molar-refractivity contribution in [2.24, 2.45) is 0 Å². The maximum absolute atomic E-state index is 12.0. The van der Waals surface area contributed by atoms with Crippen LogP contribution in [0.25, 0.3) is 0 Å². The minimum absolute atomic E-state index is 0.176. The molecule has 110 valence electrons. The van der Waals surface area contributed by atoms with Crippen molar-refractivity contribution in [3.8, 4) is 0 Å². The monoisotopic (exact) mass is 304 g/mol. The van der Waals surface area contributed by atoms with Gasteiger partial charge in [0, 0.05) is 12.2 Å². The van der Waals surface area contributed by atoms with Crippen LogP contribution in [-0.2, 0) is 0 Å². The van der Waals surface area contributed by atoms with E-state index in [1.807, 2.05) is 37.3 Å². The van der Waals surface area contributed by atoms with E-state index in [1.54, 1.807) is 12.1 Å². The summed E-state index contributed by atoms with van der Waals surface area (Å²) < 4.78 is 0. The van der Waals surface area contributed by atoms with Gasteiger partial charge in [-0.3, -0.25) is 4.79 Å². The summed E-state index contributed by atoms with van der Waals surface area (Å²) in [6.07, 6.45) is 1.25. The Morgan fingerprint density at radius 1 is 1.29 bits per heavy atom. The lowest BCUT2D eigenvalue weighted by Gasteiger charge is -2.18. The van der Waals surface area contributed by atoms with Gasteiger partial charge in [0.05, 0.1) is 11.1 Å². The highest BCUT2D eigenvalue weighted by Crippen LogP contribution is 2.17. The minimum atomic E-state index is -0.611. The summed E-state index contributed by atoms with van der Waals surface area (Å²) in [6, 6.07) is 12.4. The summed E-state index contributed by atoms with van der Waals surface area (Å²) in [6.45, 7) is 1.85. The Balaban J connectivity index is 1.91. The van der Waals surface area contributed by atoms with Gasteiger partial charge in [-0.05, 0) is 31.0 Å². The molecule has 0 bridgehead atoms. The average molecular weight is 305 g/mol. The van der Waals surface area contributed by atoms with Crippen LogP contribution in [0.4, 0.5) is 0 Å². The Kier molecular flexibility index (Phi) is 5.31. The molecule has 0 fully saturated rings. The van der Waals surface area contributed by atoms with Crippen molar-refractivity contribution < 1.29 is 9.90 Å². The third-order valence-corrected chi connectivity index (χ3v) is 3.32. The molecule has 2 aromatic rings. The molecule has 0 aliphatic carbocycles. The van der Waals surface area contributed by atoms with E-state index in [0.717, 1.165) is 5.56 Å². The highest BCUT2D eigenvalue weighted by Gasteiger charge is 2.15. The lowest BCUT2D eigenvalue weighted by molar-refractivity contribution is 0.0912. The van der Waals surface area contributed by atoms with Crippen molar-refractivity contribution >= 4 is 17.5 Å². The first-order chi connectivity index (χ1) is 10.1. The fourth-order valence-corrected chi connectivity index (χ4v) is 2.12. The van der Waals surface area contributed by atoms with E-state index in [-0.39, 0.29) is 11.9 Å². The van der Waals surface area contributed by atoms with Crippen molar-refractivity contribution in [2.45, 2.75) is 25.5 Å². The Hall–Kier alpha value is -1.91. The zero-order chi connectivity index (χ0) is 15.2. The van der Waals surface area contributed by atoms with Crippen molar-refractivity contribution in [3.05, 3.63) is 64.9 Å². The summed E-state index contributed by atoms with van der Waals surface area (Å²) >= 11 is 5.73. The van der Waals surface area contributed by atoms with Crippen molar-refractivity contribution in [1.29, 1.82) is 0 Å². The van der Waals surface area contributed by atoms with Gasteiger partial charge in [-0.2, -0.15) is 0 Å². The van der Waals surface area contributed by atoms with Crippen molar-refractivity contribution in [1.82, 2.24) is 10.3 Å². The van der Waals surface area contributed by atoms with Gasteiger partial charge in [0.2, 0.25) is 0 Å². The van der Waals surface area contributed by atoms with Gasteiger partial charge >= 0.3 is 0 Å². The fourth-order valence-electron chi connectivity index (χ4n) is 2.01. The Bertz CT molecular complexity index is 587. The van der Waals surface area contributed by atoms with E-state index in [2.05, 4.69) is 10.3 Å². The van der Waals surface area contributed by atoms with Crippen LogP contribution in [0.1, 0.15) is 35.5 Å². The minimum Gasteiger partial charge on any atom is -0.388 e. The summed E-state index contributed by atoms with van der Waals surface area (Å²) in [4.78, 5) is 15.9. The molecule has 0 aliphatic heterocycles. The van der Waals surface area contributed by atoms with Gasteiger partial charge in [-0.25, -0.2) is 4.98 Å². The number of aromatic nitrogens is 1. The number of aliphatic hydroxyl groups is 1. The van der Waals surface area contributed by atoms with Crippen LogP contribution >= 0.6 is 11.6 Å². The van der Waals surface area contributed by atoms with Crippen LogP contribution < -0.4 is 5.32 Å². The normalized spacial score (nSPS) is 13.5. The van der Waals surface area contributed by atoms with E-state index >= 15 is 0 Å². The molecule has 5 heteroatoms. The van der Waals surface area contributed by atoms with Gasteiger partial charge in [0.25, 0.3) is 5.91 Å². The predicted octanol–water partition coefficient (Wildman–Crippen LogP) is 2.98. The molecule has 21 heavy (non-hydrogen) atoms.